The Kier molecular flexibility index (Phi) is 3.57. The Balaban J connectivity index is 1.90. The summed E-state index contributed by atoms with van der Waals surface area (Å²) in [6.45, 7) is 0.660. The van der Waals surface area contributed by atoms with Crippen LogP contribution < -0.4 is 5.32 Å². The van der Waals surface area contributed by atoms with E-state index >= 15 is 0 Å². The van der Waals surface area contributed by atoms with Gasteiger partial charge in [0.15, 0.2) is 5.82 Å². The first-order valence-corrected chi connectivity index (χ1v) is 5.57. The summed E-state index contributed by atoms with van der Waals surface area (Å²) in [5, 5.41) is 16.2. The number of carbonyl (C=O) groups is 1. The molecule has 0 unspecified atom stereocenters. The Labute approximate surface area is 104 Å². The molecule has 2 rings (SSSR count). The van der Waals surface area contributed by atoms with Gasteiger partial charge in [0, 0.05) is 25.7 Å². The minimum Gasteiger partial charge on any atom is -0.478 e. The fraction of sp³-hybridized carbons (Fsp3) is 0.250. The van der Waals surface area contributed by atoms with Gasteiger partial charge < -0.3 is 10.4 Å². The van der Waals surface area contributed by atoms with E-state index < -0.39 is 5.97 Å². The van der Waals surface area contributed by atoms with Crippen molar-refractivity contribution in [1.82, 2.24) is 14.8 Å². The second kappa shape index (κ2) is 5.31. The third-order valence-electron chi connectivity index (χ3n) is 2.43. The lowest BCUT2D eigenvalue weighted by atomic mass is 10.2. The van der Waals surface area contributed by atoms with Gasteiger partial charge in [0.25, 0.3) is 0 Å². The smallest absolute Gasteiger partial charge is 0.335 e. The minimum atomic E-state index is -0.926. The summed E-state index contributed by atoms with van der Waals surface area (Å²) >= 11 is 0. The van der Waals surface area contributed by atoms with Crippen molar-refractivity contribution in [2.24, 2.45) is 7.05 Å². The standard InChI is InChI=1S/C12H14N4O2/c1-16-8-14-11(15-16)5-6-13-10-4-2-3-9(7-10)12(17)18/h2-4,7-8,13H,5-6H2,1H3,(H,17,18). The topological polar surface area (TPSA) is 80.0 Å². The number of carboxylic acids is 1. The molecule has 1 aromatic heterocycles. The molecule has 0 radical (unpaired) electrons. The largest absolute Gasteiger partial charge is 0.478 e. The van der Waals surface area contributed by atoms with Gasteiger partial charge in [0.2, 0.25) is 0 Å². The fourth-order valence-electron chi connectivity index (χ4n) is 1.58. The highest BCUT2D eigenvalue weighted by Crippen LogP contribution is 2.10. The van der Waals surface area contributed by atoms with Crippen molar-refractivity contribution in [3.8, 4) is 0 Å². The van der Waals surface area contributed by atoms with Crippen molar-refractivity contribution in [2.45, 2.75) is 6.42 Å². The number of aromatic carboxylic acids is 1. The van der Waals surface area contributed by atoms with Gasteiger partial charge in [-0.05, 0) is 18.2 Å². The lowest BCUT2D eigenvalue weighted by molar-refractivity contribution is 0.0697. The molecule has 1 heterocycles. The Bertz CT molecular complexity index is 551. The molecule has 0 spiro atoms. The Morgan fingerprint density at radius 3 is 3.00 bits per heavy atom. The summed E-state index contributed by atoms with van der Waals surface area (Å²) in [7, 11) is 1.82. The number of hydrogen-bond donors (Lipinski definition) is 2. The highest BCUT2D eigenvalue weighted by atomic mass is 16.4. The highest BCUT2D eigenvalue weighted by Gasteiger charge is 2.03. The molecule has 0 aliphatic rings. The van der Waals surface area contributed by atoms with Crippen molar-refractivity contribution in [2.75, 3.05) is 11.9 Å². The van der Waals surface area contributed by atoms with E-state index in [1.807, 2.05) is 13.1 Å². The Morgan fingerprint density at radius 2 is 2.33 bits per heavy atom. The molecule has 18 heavy (non-hydrogen) atoms. The molecular formula is C12H14N4O2. The predicted octanol–water partition coefficient (Wildman–Crippen LogP) is 1.17. The molecule has 94 valence electrons. The predicted molar refractivity (Wildman–Crippen MR) is 66.6 cm³/mol. The van der Waals surface area contributed by atoms with Crippen LogP contribution in [0.3, 0.4) is 0 Å². The molecule has 0 saturated heterocycles. The van der Waals surface area contributed by atoms with Crippen LogP contribution in [0, 0.1) is 0 Å². The number of benzene rings is 1. The molecule has 0 saturated carbocycles. The molecule has 0 amide bonds. The third kappa shape index (κ3) is 3.07. The minimum absolute atomic E-state index is 0.274. The lowest BCUT2D eigenvalue weighted by Gasteiger charge is -2.05. The molecule has 0 fully saturated rings. The van der Waals surface area contributed by atoms with Gasteiger partial charge in [-0.25, -0.2) is 9.78 Å². The first-order valence-electron chi connectivity index (χ1n) is 5.57. The average Bonchev–Trinajstić information content (AvgIpc) is 2.75. The van der Waals surface area contributed by atoms with Crippen LogP contribution in [-0.2, 0) is 13.5 Å². The maximum atomic E-state index is 10.8. The monoisotopic (exact) mass is 246 g/mol. The fourth-order valence-corrected chi connectivity index (χ4v) is 1.58. The number of aryl methyl sites for hydroxylation is 1. The zero-order valence-electron chi connectivity index (χ0n) is 10.00. The SMILES string of the molecule is Cn1cnc(CCNc2cccc(C(=O)O)c2)n1. The zero-order valence-corrected chi connectivity index (χ0v) is 10.00. The third-order valence-corrected chi connectivity index (χ3v) is 2.43. The number of hydrogen-bond acceptors (Lipinski definition) is 4. The van der Waals surface area contributed by atoms with Crippen LogP contribution in [0.1, 0.15) is 16.2 Å². The molecule has 0 aliphatic carbocycles. The summed E-state index contributed by atoms with van der Waals surface area (Å²) in [6.07, 6.45) is 2.35. The normalized spacial score (nSPS) is 10.3. The molecular weight excluding hydrogens is 232 g/mol. The van der Waals surface area contributed by atoms with Crippen LogP contribution in [0.15, 0.2) is 30.6 Å². The van der Waals surface area contributed by atoms with Gasteiger partial charge in [-0.2, -0.15) is 5.10 Å². The van der Waals surface area contributed by atoms with Crippen LogP contribution in [0.25, 0.3) is 0 Å². The van der Waals surface area contributed by atoms with E-state index in [0.717, 1.165) is 11.5 Å². The quantitative estimate of drug-likeness (QED) is 0.827. The summed E-state index contributed by atoms with van der Waals surface area (Å²) in [6, 6.07) is 6.71. The van der Waals surface area contributed by atoms with Crippen LogP contribution in [0.5, 0.6) is 0 Å². The second-order valence-electron chi connectivity index (χ2n) is 3.90. The number of nitrogens with zero attached hydrogens (tertiary/aromatic N) is 3. The van der Waals surface area contributed by atoms with E-state index in [2.05, 4.69) is 15.4 Å². The van der Waals surface area contributed by atoms with Crippen molar-refractivity contribution in [3.05, 3.63) is 42.0 Å². The zero-order chi connectivity index (χ0) is 13.0. The number of carboxylic acid groups (broad SMARTS) is 1. The first kappa shape index (κ1) is 12.1. The maximum absolute atomic E-state index is 10.8. The molecule has 0 bridgehead atoms. The number of rotatable bonds is 5. The van der Waals surface area contributed by atoms with Gasteiger partial charge in [-0.3, -0.25) is 4.68 Å². The van der Waals surface area contributed by atoms with Gasteiger partial charge in [0.05, 0.1) is 5.56 Å². The van der Waals surface area contributed by atoms with Crippen LogP contribution in [-0.4, -0.2) is 32.4 Å². The van der Waals surface area contributed by atoms with Crippen LogP contribution >= 0.6 is 0 Å². The van der Waals surface area contributed by atoms with Gasteiger partial charge in [-0.15, -0.1) is 0 Å². The molecule has 0 atom stereocenters. The van der Waals surface area contributed by atoms with E-state index in [4.69, 9.17) is 5.11 Å². The lowest BCUT2D eigenvalue weighted by Crippen LogP contribution is -2.07. The molecule has 6 nitrogen and oxygen atoms in total. The summed E-state index contributed by atoms with van der Waals surface area (Å²) in [5.74, 6) is -0.163. The summed E-state index contributed by atoms with van der Waals surface area (Å²) in [4.78, 5) is 14.9. The molecule has 2 N–H and O–H groups in total. The van der Waals surface area contributed by atoms with E-state index in [0.29, 0.717) is 13.0 Å². The maximum Gasteiger partial charge on any atom is 0.335 e. The van der Waals surface area contributed by atoms with Crippen molar-refractivity contribution >= 4 is 11.7 Å². The Morgan fingerprint density at radius 1 is 1.50 bits per heavy atom. The van der Waals surface area contributed by atoms with Gasteiger partial charge in [0.1, 0.15) is 6.33 Å². The Hall–Kier alpha value is -2.37. The van der Waals surface area contributed by atoms with Gasteiger partial charge in [-0.1, -0.05) is 6.07 Å². The summed E-state index contributed by atoms with van der Waals surface area (Å²) in [5.41, 5.74) is 1.06. The van der Waals surface area contributed by atoms with Gasteiger partial charge >= 0.3 is 5.97 Å². The first-order chi connectivity index (χ1) is 8.65. The van der Waals surface area contributed by atoms with E-state index in [1.165, 1.54) is 0 Å². The molecule has 1 aromatic carbocycles. The van der Waals surface area contributed by atoms with E-state index in [-0.39, 0.29) is 5.56 Å². The number of aromatic nitrogens is 3. The summed E-state index contributed by atoms with van der Waals surface area (Å²) < 4.78 is 1.65. The van der Waals surface area contributed by atoms with Crippen molar-refractivity contribution < 1.29 is 9.90 Å². The molecule has 0 aliphatic heterocycles. The second-order valence-corrected chi connectivity index (χ2v) is 3.90. The van der Waals surface area contributed by atoms with E-state index in [1.54, 1.807) is 29.2 Å². The van der Waals surface area contributed by atoms with Crippen LogP contribution in [0.4, 0.5) is 5.69 Å². The molecule has 6 heteroatoms. The highest BCUT2D eigenvalue weighted by molar-refractivity contribution is 5.88. The number of anilines is 1. The van der Waals surface area contributed by atoms with Crippen molar-refractivity contribution in [3.63, 3.8) is 0 Å². The van der Waals surface area contributed by atoms with E-state index in [9.17, 15) is 4.79 Å². The number of nitrogens with one attached hydrogen (secondary N) is 1. The van der Waals surface area contributed by atoms with Crippen LogP contribution in [0.2, 0.25) is 0 Å². The van der Waals surface area contributed by atoms with Crippen molar-refractivity contribution in [1.29, 1.82) is 0 Å². The average molecular weight is 246 g/mol. The molecule has 2 aromatic rings.